The molecule has 0 heterocycles. The van der Waals surface area contributed by atoms with E-state index in [9.17, 15) is 18.0 Å². The number of methoxy groups -OCH3 is 1. The minimum Gasteiger partial charge on any atom is -0.497 e. The van der Waals surface area contributed by atoms with Crippen LogP contribution in [0.3, 0.4) is 0 Å². The number of nitrogens with zero attached hydrogens (tertiary/aromatic N) is 2. The molecule has 1 atom stereocenters. The number of ether oxygens (including phenoxy) is 1. The van der Waals surface area contributed by atoms with Crippen LogP contribution in [0.15, 0.2) is 77.7 Å². The Morgan fingerprint density at radius 1 is 0.951 bits per heavy atom. The molecule has 0 unspecified atom stereocenters. The maximum absolute atomic E-state index is 14.2. The molecule has 0 spiro atoms. The maximum Gasteiger partial charge on any atom is 0.264 e. The summed E-state index contributed by atoms with van der Waals surface area (Å²) in [4.78, 5) is 29.0. The van der Waals surface area contributed by atoms with E-state index in [1.807, 2.05) is 52.0 Å². The number of nitrogens with one attached hydrogen (secondary N) is 1. The molecule has 9 heteroatoms. The first-order valence-electron chi connectivity index (χ1n) is 14.0. The van der Waals surface area contributed by atoms with Gasteiger partial charge < -0.3 is 15.0 Å². The molecular weight excluding hydrogens is 538 g/mol. The van der Waals surface area contributed by atoms with Crippen LogP contribution < -0.4 is 14.4 Å². The Morgan fingerprint density at radius 2 is 1.63 bits per heavy atom. The molecule has 0 aliphatic carbocycles. The number of anilines is 1. The van der Waals surface area contributed by atoms with Crippen LogP contribution in [-0.4, -0.2) is 51.4 Å². The Morgan fingerprint density at radius 3 is 2.22 bits per heavy atom. The van der Waals surface area contributed by atoms with Crippen molar-refractivity contribution in [3.63, 3.8) is 0 Å². The highest BCUT2D eigenvalue weighted by atomic mass is 32.2. The van der Waals surface area contributed by atoms with Crippen molar-refractivity contribution in [1.29, 1.82) is 0 Å². The van der Waals surface area contributed by atoms with Gasteiger partial charge in [0.25, 0.3) is 10.0 Å². The van der Waals surface area contributed by atoms with E-state index in [1.165, 1.54) is 17.0 Å². The second-order valence-corrected chi connectivity index (χ2v) is 11.9. The summed E-state index contributed by atoms with van der Waals surface area (Å²) in [5.41, 5.74) is 2.91. The predicted molar refractivity (Wildman–Crippen MR) is 162 cm³/mol. The highest BCUT2D eigenvalue weighted by Gasteiger charge is 2.34. The number of unbranched alkanes of at least 4 members (excludes halogenated alkanes) is 1. The van der Waals surface area contributed by atoms with Gasteiger partial charge >= 0.3 is 0 Å². The molecule has 0 aliphatic heterocycles. The number of hydrogen-bond acceptors (Lipinski definition) is 5. The molecule has 0 bridgehead atoms. The lowest BCUT2D eigenvalue weighted by Crippen LogP contribution is -2.52. The fraction of sp³-hybridized carbons (Fsp3) is 0.375. The molecule has 0 aliphatic rings. The van der Waals surface area contributed by atoms with Crippen molar-refractivity contribution in [3.8, 4) is 5.75 Å². The number of rotatable bonds is 14. The summed E-state index contributed by atoms with van der Waals surface area (Å²) in [6.07, 6.45) is 2.12. The lowest BCUT2D eigenvalue weighted by molar-refractivity contribution is -0.140. The van der Waals surface area contributed by atoms with Crippen molar-refractivity contribution >= 4 is 27.5 Å². The van der Waals surface area contributed by atoms with Crippen LogP contribution in [0.1, 0.15) is 49.8 Å². The Balaban J connectivity index is 2.05. The molecule has 41 heavy (non-hydrogen) atoms. The Kier molecular flexibility index (Phi) is 11.3. The number of amides is 2. The van der Waals surface area contributed by atoms with Gasteiger partial charge in [0.15, 0.2) is 0 Å². The summed E-state index contributed by atoms with van der Waals surface area (Å²) < 4.78 is 34.4. The summed E-state index contributed by atoms with van der Waals surface area (Å²) in [7, 11) is -2.52. The summed E-state index contributed by atoms with van der Waals surface area (Å²) >= 11 is 0. The molecular formula is C32H41N3O5S. The van der Waals surface area contributed by atoms with E-state index in [4.69, 9.17) is 4.74 Å². The zero-order valence-corrected chi connectivity index (χ0v) is 25.4. The molecule has 220 valence electrons. The normalized spacial score (nSPS) is 11.9. The van der Waals surface area contributed by atoms with Gasteiger partial charge in [0.2, 0.25) is 11.8 Å². The van der Waals surface area contributed by atoms with Gasteiger partial charge in [-0.05, 0) is 68.1 Å². The first kappa shape index (κ1) is 31.7. The molecule has 3 aromatic rings. The monoisotopic (exact) mass is 579 g/mol. The van der Waals surface area contributed by atoms with Crippen LogP contribution in [-0.2, 0) is 26.2 Å². The second-order valence-electron chi connectivity index (χ2n) is 10.1. The number of sulfonamides is 1. The third kappa shape index (κ3) is 8.10. The van der Waals surface area contributed by atoms with Gasteiger partial charge in [-0.1, -0.05) is 68.3 Å². The Hall–Kier alpha value is -3.85. The standard InChI is InChI=1S/C32H41N3O5S/c1-6-8-20-33-32(37)29(7-2)34(22-26-15-17-27(40-5)18-16-26)31(36)23-35(30-19-14-24(3)21-25(30)4)41(38,39)28-12-10-9-11-13-28/h9-19,21,29H,6-8,20,22-23H2,1-5H3,(H,33,37)/t29-/m0/s1. The molecule has 1 N–H and O–H groups in total. The van der Waals surface area contributed by atoms with Gasteiger partial charge in [-0.3, -0.25) is 13.9 Å². The van der Waals surface area contributed by atoms with Gasteiger partial charge in [0.05, 0.1) is 17.7 Å². The van der Waals surface area contributed by atoms with Gasteiger partial charge in [-0.2, -0.15) is 0 Å². The quantitative estimate of drug-likeness (QED) is 0.264. The zero-order chi connectivity index (χ0) is 30.0. The fourth-order valence-corrected chi connectivity index (χ4v) is 6.17. The van der Waals surface area contributed by atoms with Crippen LogP contribution >= 0.6 is 0 Å². The molecule has 0 saturated carbocycles. The van der Waals surface area contributed by atoms with Crippen molar-refractivity contribution in [1.82, 2.24) is 10.2 Å². The number of hydrogen-bond donors (Lipinski definition) is 1. The summed E-state index contributed by atoms with van der Waals surface area (Å²) in [5, 5.41) is 2.95. The third-order valence-electron chi connectivity index (χ3n) is 6.96. The summed E-state index contributed by atoms with van der Waals surface area (Å²) in [5.74, 6) is -0.0597. The number of carbonyl (C=O) groups excluding carboxylic acids is 2. The first-order valence-corrected chi connectivity index (χ1v) is 15.4. The van der Waals surface area contributed by atoms with E-state index in [2.05, 4.69) is 5.32 Å². The molecule has 3 aromatic carbocycles. The smallest absolute Gasteiger partial charge is 0.264 e. The number of aryl methyl sites for hydroxylation is 2. The average Bonchev–Trinajstić information content (AvgIpc) is 2.97. The minimum absolute atomic E-state index is 0.0822. The molecule has 8 nitrogen and oxygen atoms in total. The van der Waals surface area contributed by atoms with Crippen molar-refractivity contribution in [2.75, 3.05) is 24.5 Å². The van der Waals surface area contributed by atoms with E-state index in [-0.39, 0.29) is 17.3 Å². The van der Waals surface area contributed by atoms with E-state index < -0.39 is 28.5 Å². The predicted octanol–water partition coefficient (Wildman–Crippen LogP) is 5.23. The fourth-order valence-electron chi connectivity index (χ4n) is 4.67. The Labute approximate surface area is 244 Å². The van der Waals surface area contributed by atoms with Crippen molar-refractivity contribution in [3.05, 3.63) is 89.5 Å². The van der Waals surface area contributed by atoms with E-state index in [0.29, 0.717) is 24.4 Å². The second kappa shape index (κ2) is 14.7. The topological polar surface area (TPSA) is 96.0 Å². The van der Waals surface area contributed by atoms with Crippen molar-refractivity contribution in [2.45, 2.75) is 64.4 Å². The molecule has 3 rings (SSSR count). The van der Waals surface area contributed by atoms with Crippen LogP contribution in [0.2, 0.25) is 0 Å². The Bertz CT molecular complexity index is 1410. The highest BCUT2D eigenvalue weighted by Crippen LogP contribution is 2.28. The molecule has 0 fully saturated rings. The average molecular weight is 580 g/mol. The van der Waals surface area contributed by atoms with Gasteiger partial charge in [0, 0.05) is 13.1 Å². The van der Waals surface area contributed by atoms with Crippen LogP contribution in [0, 0.1) is 13.8 Å². The maximum atomic E-state index is 14.2. The van der Waals surface area contributed by atoms with E-state index in [0.717, 1.165) is 33.8 Å². The van der Waals surface area contributed by atoms with Crippen molar-refractivity contribution in [2.24, 2.45) is 0 Å². The first-order chi connectivity index (χ1) is 19.6. The third-order valence-corrected chi connectivity index (χ3v) is 8.73. The zero-order valence-electron chi connectivity index (χ0n) is 24.6. The van der Waals surface area contributed by atoms with E-state index in [1.54, 1.807) is 43.5 Å². The van der Waals surface area contributed by atoms with Crippen LogP contribution in [0.5, 0.6) is 5.75 Å². The lowest BCUT2D eigenvalue weighted by Gasteiger charge is -2.33. The summed E-state index contributed by atoms with van der Waals surface area (Å²) in [6.45, 7) is 7.82. The van der Waals surface area contributed by atoms with Crippen molar-refractivity contribution < 1.29 is 22.7 Å². The van der Waals surface area contributed by atoms with E-state index >= 15 is 0 Å². The number of carbonyl (C=O) groups is 2. The molecule has 0 radical (unpaired) electrons. The molecule has 0 aromatic heterocycles. The lowest BCUT2D eigenvalue weighted by atomic mass is 10.1. The number of benzene rings is 3. The van der Waals surface area contributed by atoms with Gasteiger partial charge in [-0.15, -0.1) is 0 Å². The molecule has 0 saturated heterocycles. The van der Waals surface area contributed by atoms with Gasteiger partial charge in [0.1, 0.15) is 18.3 Å². The SMILES string of the molecule is CCCCNC(=O)[C@H](CC)N(Cc1ccc(OC)cc1)C(=O)CN(c1ccc(C)cc1C)S(=O)(=O)c1ccccc1. The largest absolute Gasteiger partial charge is 0.497 e. The van der Waals surface area contributed by atoms with Crippen LogP contribution in [0.25, 0.3) is 0 Å². The van der Waals surface area contributed by atoms with Gasteiger partial charge in [-0.25, -0.2) is 8.42 Å². The molecule has 2 amide bonds. The minimum atomic E-state index is -4.10. The summed E-state index contributed by atoms with van der Waals surface area (Å²) in [6, 6.07) is 20.0. The highest BCUT2D eigenvalue weighted by molar-refractivity contribution is 7.92. The van der Waals surface area contributed by atoms with Crippen LogP contribution in [0.4, 0.5) is 5.69 Å².